The summed E-state index contributed by atoms with van der Waals surface area (Å²) in [5.41, 5.74) is 1.83. The molecule has 1 aliphatic carbocycles. The minimum Gasteiger partial charge on any atom is -0.324 e. The topological polar surface area (TPSA) is 78.5 Å². The van der Waals surface area contributed by atoms with E-state index >= 15 is 0 Å². The minimum absolute atomic E-state index is 0.254. The fraction of sp³-hybridized carbons (Fsp3) is 0.526. The van der Waals surface area contributed by atoms with E-state index < -0.39 is 11.6 Å². The number of anilines is 1. The van der Waals surface area contributed by atoms with Crippen molar-refractivity contribution in [2.24, 2.45) is 5.92 Å². The van der Waals surface area contributed by atoms with Crippen molar-refractivity contribution in [3.05, 3.63) is 29.3 Å². The van der Waals surface area contributed by atoms with Gasteiger partial charge in [-0.1, -0.05) is 25.1 Å². The van der Waals surface area contributed by atoms with Crippen molar-refractivity contribution in [2.75, 3.05) is 11.9 Å². The predicted octanol–water partition coefficient (Wildman–Crippen LogP) is 2.74. The summed E-state index contributed by atoms with van der Waals surface area (Å²) < 4.78 is 0. The lowest BCUT2D eigenvalue weighted by molar-refractivity contribution is -0.135. The van der Waals surface area contributed by atoms with E-state index in [0.717, 1.165) is 34.6 Å². The molecule has 0 unspecified atom stereocenters. The molecule has 0 aromatic heterocycles. The average molecular weight is 343 g/mol. The van der Waals surface area contributed by atoms with Crippen LogP contribution in [0.5, 0.6) is 0 Å². The molecule has 0 radical (unpaired) electrons. The summed E-state index contributed by atoms with van der Waals surface area (Å²) in [4.78, 5) is 38.5. The number of amides is 4. The van der Waals surface area contributed by atoms with Gasteiger partial charge in [-0.25, -0.2) is 4.79 Å². The van der Waals surface area contributed by atoms with Crippen molar-refractivity contribution in [3.8, 4) is 0 Å². The predicted molar refractivity (Wildman–Crippen MR) is 95.2 cm³/mol. The highest BCUT2D eigenvalue weighted by Gasteiger charge is 2.52. The third-order valence-corrected chi connectivity index (χ3v) is 5.42. The number of nitrogens with zero attached hydrogens (tertiary/aromatic N) is 1. The SMILES string of the molecule is Cc1cccc(C)c1NC(=O)CN1C(=O)NC2(CCC(C)CC2)C1=O. The maximum absolute atomic E-state index is 12.8. The first kappa shape index (κ1) is 17.5. The van der Waals surface area contributed by atoms with Gasteiger partial charge in [0.15, 0.2) is 0 Å². The molecule has 1 spiro atoms. The molecule has 2 aliphatic rings. The largest absolute Gasteiger partial charge is 0.325 e. The Morgan fingerprint density at radius 3 is 2.44 bits per heavy atom. The van der Waals surface area contributed by atoms with Crippen LogP contribution in [0.1, 0.15) is 43.7 Å². The smallest absolute Gasteiger partial charge is 0.324 e. The first-order valence-electron chi connectivity index (χ1n) is 8.82. The Morgan fingerprint density at radius 1 is 1.24 bits per heavy atom. The van der Waals surface area contributed by atoms with Crippen LogP contribution < -0.4 is 10.6 Å². The Kier molecular flexibility index (Phi) is 4.54. The number of carbonyl (C=O) groups is 3. The third kappa shape index (κ3) is 3.25. The molecular weight excluding hydrogens is 318 g/mol. The summed E-state index contributed by atoms with van der Waals surface area (Å²) >= 11 is 0. The molecular formula is C19H25N3O3. The maximum Gasteiger partial charge on any atom is 0.325 e. The van der Waals surface area contributed by atoms with Gasteiger partial charge in [0.1, 0.15) is 12.1 Å². The molecule has 1 saturated carbocycles. The van der Waals surface area contributed by atoms with Crippen molar-refractivity contribution in [1.29, 1.82) is 0 Å². The van der Waals surface area contributed by atoms with Crippen molar-refractivity contribution in [2.45, 2.75) is 52.0 Å². The number of hydrogen-bond acceptors (Lipinski definition) is 3. The third-order valence-electron chi connectivity index (χ3n) is 5.42. The lowest BCUT2D eigenvalue weighted by Crippen LogP contribution is -2.49. The first-order chi connectivity index (χ1) is 11.8. The van der Waals surface area contributed by atoms with Crippen molar-refractivity contribution in [3.63, 3.8) is 0 Å². The molecule has 1 aliphatic heterocycles. The van der Waals surface area contributed by atoms with E-state index in [1.165, 1.54) is 0 Å². The summed E-state index contributed by atoms with van der Waals surface area (Å²) in [7, 11) is 0. The molecule has 1 heterocycles. The van der Waals surface area contributed by atoms with Crippen LogP contribution in [0.3, 0.4) is 0 Å². The number of para-hydroxylation sites is 1. The molecule has 134 valence electrons. The van der Waals surface area contributed by atoms with E-state index in [1.54, 1.807) is 0 Å². The van der Waals surface area contributed by atoms with Crippen LogP contribution in [0.15, 0.2) is 18.2 Å². The average Bonchev–Trinajstić information content (AvgIpc) is 2.79. The Bertz CT molecular complexity index is 700. The van der Waals surface area contributed by atoms with Gasteiger partial charge < -0.3 is 10.6 Å². The number of aryl methyl sites for hydroxylation is 2. The molecule has 6 heteroatoms. The summed E-state index contributed by atoms with van der Waals surface area (Å²) in [6, 6.07) is 5.28. The van der Waals surface area contributed by atoms with Crippen molar-refractivity contribution >= 4 is 23.5 Å². The van der Waals surface area contributed by atoms with Gasteiger partial charge >= 0.3 is 6.03 Å². The molecule has 1 saturated heterocycles. The highest BCUT2D eigenvalue weighted by Crippen LogP contribution is 2.36. The zero-order chi connectivity index (χ0) is 18.2. The van der Waals surface area contributed by atoms with Crippen LogP contribution in [0.25, 0.3) is 0 Å². The quantitative estimate of drug-likeness (QED) is 0.828. The summed E-state index contributed by atoms with van der Waals surface area (Å²) in [6.45, 7) is 5.72. The Balaban J connectivity index is 1.69. The van der Waals surface area contributed by atoms with Crippen molar-refractivity contribution in [1.82, 2.24) is 10.2 Å². The number of hydrogen-bond donors (Lipinski definition) is 2. The van der Waals surface area contributed by atoms with Crippen LogP contribution >= 0.6 is 0 Å². The molecule has 2 fully saturated rings. The molecule has 1 aromatic rings. The lowest BCUT2D eigenvalue weighted by Gasteiger charge is -2.33. The molecule has 2 N–H and O–H groups in total. The zero-order valence-corrected chi connectivity index (χ0v) is 15.0. The van der Waals surface area contributed by atoms with Gasteiger partial charge in [0.25, 0.3) is 5.91 Å². The highest BCUT2D eigenvalue weighted by atomic mass is 16.2. The van der Waals surface area contributed by atoms with Gasteiger partial charge in [0, 0.05) is 5.69 Å². The summed E-state index contributed by atoms with van der Waals surface area (Å²) in [6.07, 6.45) is 3.12. The summed E-state index contributed by atoms with van der Waals surface area (Å²) in [5.74, 6) is -0.0557. The van der Waals surface area contributed by atoms with Gasteiger partial charge in [-0.2, -0.15) is 0 Å². The van der Waals surface area contributed by atoms with E-state index in [2.05, 4.69) is 17.6 Å². The molecule has 6 nitrogen and oxygen atoms in total. The fourth-order valence-corrected chi connectivity index (χ4v) is 3.75. The number of carbonyl (C=O) groups excluding carboxylic acids is 3. The van der Waals surface area contributed by atoms with E-state index in [-0.39, 0.29) is 18.4 Å². The summed E-state index contributed by atoms with van der Waals surface area (Å²) in [5, 5.41) is 5.67. The van der Waals surface area contributed by atoms with Crippen LogP contribution in [0.2, 0.25) is 0 Å². The monoisotopic (exact) mass is 343 g/mol. The normalized spacial score (nSPS) is 26.0. The van der Waals surface area contributed by atoms with Gasteiger partial charge in [0.05, 0.1) is 0 Å². The maximum atomic E-state index is 12.8. The Labute approximate surface area is 148 Å². The van der Waals surface area contributed by atoms with Gasteiger partial charge in [-0.3, -0.25) is 14.5 Å². The molecule has 0 atom stereocenters. The number of nitrogens with one attached hydrogen (secondary N) is 2. The standard InChI is InChI=1S/C19H25N3O3/c1-12-7-9-19(10-8-12)17(24)22(18(25)21-19)11-15(23)20-16-13(2)5-4-6-14(16)3/h4-6,12H,7-11H2,1-3H3,(H,20,23)(H,21,25). The lowest BCUT2D eigenvalue weighted by atomic mass is 9.77. The first-order valence-corrected chi connectivity index (χ1v) is 8.82. The van der Waals surface area contributed by atoms with E-state index in [1.807, 2.05) is 32.0 Å². The second-order valence-electron chi connectivity index (χ2n) is 7.40. The highest BCUT2D eigenvalue weighted by molar-refractivity contribution is 6.10. The van der Waals surface area contributed by atoms with Crippen LogP contribution in [0.4, 0.5) is 10.5 Å². The van der Waals surface area contributed by atoms with E-state index in [9.17, 15) is 14.4 Å². The van der Waals surface area contributed by atoms with E-state index in [0.29, 0.717) is 18.8 Å². The minimum atomic E-state index is -0.803. The second-order valence-corrected chi connectivity index (χ2v) is 7.40. The van der Waals surface area contributed by atoms with Gasteiger partial charge in [-0.05, 0) is 56.6 Å². The molecule has 25 heavy (non-hydrogen) atoms. The van der Waals surface area contributed by atoms with Crippen molar-refractivity contribution < 1.29 is 14.4 Å². The number of rotatable bonds is 3. The number of urea groups is 1. The Hall–Kier alpha value is -2.37. The zero-order valence-electron chi connectivity index (χ0n) is 15.0. The van der Waals surface area contributed by atoms with Crippen LogP contribution in [0, 0.1) is 19.8 Å². The number of imide groups is 1. The Morgan fingerprint density at radius 2 is 1.84 bits per heavy atom. The number of benzene rings is 1. The van der Waals surface area contributed by atoms with Gasteiger partial charge in [0.2, 0.25) is 5.91 Å². The molecule has 3 rings (SSSR count). The van der Waals surface area contributed by atoms with Gasteiger partial charge in [-0.15, -0.1) is 0 Å². The molecule has 0 bridgehead atoms. The second kappa shape index (κ2) is 6.50. The molecule has 1 aromatic carbocycles. The van der Waals surface area contributed by atoms with Crippen LogP contribution in [-0.2, 0) is 9.59 Å². The fourth-order valence-electron chi connectivity index (χ4n) is 3.75. The van der Waals surface area contributed by atoms with Crippen LogP contribution in [-0.4, -0.2) is 34.8 Å². The molecule has 4 amide bonds. The van der Waals surface area contributed by atoms with E-state index in [4.69, 9.17) is 0 Å².